The summed E-state index contributed by atoms with van der Waals surface area (Å²) in [5.41, 5.74) is -0.0916. The Balaban J connectivity index is 2.27. The number of amides is 1. The van der Waals surface area contributed by atoms with E-state index in [1.165, 1.54) is 0 Å². The zero-order valence-corrected chi connectivity index (χ0v) is 14.0. The first-order valence-electron chi connectivity index (χ1n) is 8.34. The van der Waals surface area contributed by atoms with Crippen LogP contribution in [0.1, 0.15) is 31.9 Å². The number of carbonyl (C=O) groups is 1. The first-order chi connectivity index (χ1) is 11.1. The van der Waals surface area contributed by atoms with Gasteiger partial charge in [-0.2, -0.15) is 0 Å². The van der Waals surface area contributed by atoms with Crippen LogP contribution in [0.2, 0.25) is 0 Å². The number of hydrogen-bond acceptors (Lipinski definition) is 5. The maximum Gasteiger partial charge on any atom is 0.266 e. The van der Waals surface area contributed by atoms with E-state index in [1.54, 1.807) is 11.1 Å². The van der Waals surface area contributed by atoms with Gasteiger partial charge in [-0.25, -0.2) is 0 Å². The van der Waals surface area contributed by atoms with Gasteiger partial charge in [-0.1, -0.05) is 6.92 Å². The van der Waals surface area contributed by atoms with E-state index in [2.05, 4.69) is 10.3 Å². The van der Waals surface area contributed by atoms with Crippen molar-refractivity contribution in [1.82, 2.24) is 15.2 Å². The van der Waals surface area contributed by atoms with Crippen LogP contribution in [-0.4, -0.2) is 59.3 Å². The average Bonchev–Trinajstić information content (AvgIpc) is 2.57. The number of nitrogens with zero attached hydrogens (tertiary/aromatic N) is 2. The van der Waals surface area contributed by atoms with Gasteiger partial charge in [-0.3, -0.25) is 9.78 Å². The van der Waals surface area contributed by atoms with Crippen LogP contribution in [0.3, 0.4) is 0 Å². The van der Waals surface area contributed by atoms with Gasteiger partial charge in [0.25, 0.3) is 5.91 Å². The van der Waals surface area contributed by atoms with Crippen molar-refractivity contribution >= 4 is 5.91 Å². The molecule has 0 spiro atoms. The van der Waals surface area contributed by atoms with Crippen LogP contribution < -0.4 is 10.1 Å². The number of piperidine rings is 1. The molecular weight excluding hydrogens is 294 g/mol. The standard InChI is InChI=1S/C17H27N3O3/c1-3-11-20(12-13-21)16(22)17(6-9-18-10-7-17)23-15-5-4-8-19-14(15)2/h4-5,8,18,21H,3,6-7,9-13H2,1-2H3. The number of rotatable bonds is 7. The van der Waals surface area contributed by atoms with E-state index in [9.17, 15) is 9.90 Å². The molecule has 2 heterocycles. The Morgan fingerprint density at radius 3 is 2.78 bits per heavy atom. The van der Waals surface area contributed by atoms with E-state index >= 15 is 0 Å². The van der Waals surface area contributed by atoms with Gasteiger partial charge in [0, 0.05) is 32.1 Å². The molecule has 1 aliphatic heterocycles. The lowest BCUT2D eigenvalue weighted by Gasteiger charge is -2.40. The number of pyridine rings is 1. The molecule has 1 aromatic rings. The number of hydrogen-bond donors (Lipinski definition) is 2. The fourth-order valence-corrected chi connectivity index (χ4v) is 2.97. The number of carbonyl (C=O) groups excluding carboxylic acids is 1. The molecule has 6 nitrogen and oxygen atoms in total. The molecule has 0 bridgehead atoms. The molecule has 0 atom stereocenters. The van der Waals surface area contributed by atoms with Gasteiger partial charge >= 0.3 is 0 Å². The van der Waals surface area contributed by atoms with Crippen LogP contribution in [-0.2, 0) is 4.79 Å². The van der Waals surface area contributed by atoms with Gasteiger partial charge in [-0.15, -0.1) is 0 Å². The quantitative estimate of drug-likeness (QED) is 0.787. The number of aryl methyl sites for hydroxylation is 1. The normalized spacial score (nSPS) is 16.8. The first kappa shape index (κ1) is 17.7. The molecule has 2 N–H and O–H groups in total. The second-order valence-corrected chi connectivity index (χ2v) is 5.95. The van der Waals surface area contributed by atoms with E-state index in [1.807, 2.05) is 26.0 Å². The molecule has 1 aliphatic rings. The summed E-state index contributed by atoms with van der Waals surface area (Å²) in [7, 11) is 0. The van der Waals surface area contributed by atoms with Crippen LogP contribution >= 0.6 is 0 Å². The third-order valence-electron chi connectivity index (χ3n) is 4.22. The van der Waals surface area contributed by atoms with Crippen molar-refractivity contribution in [3.8, 4) is 5.75 Å². The summed E-state index contributed by atoms with van der Waals surface area (Å²) in [6.45, 7) is 6.33. The summed E-state index contributed by atoms with van der Waals surface area (Å²) in [4.78, 5) is 19.1. The molecular formula is C17H27N3O3. The molecule has 2 rings (SSSR count). The van der Waals surface area contributed by atoms with Gasteiger partial charge < -0.3 is 20.1 Å². The van der Waals surface area contributed by atoms with E-state index in [-0.39, 0.29) is 12.5 Å². The Morgan fingerprint density at radius 2 is 2.17 bits per heavy atom. The van der Waals surface area contributed by atoms with Crippen LogP contribution in [0.4, 0.5) is 0 Å². The minimum absolute atomic E-state index is 0.0295. The third kappa shape index (κ3) is 4.20. The Hall–Kier alpha value is -1.66. The zero-order chi connectivity index (χ0) is 16.7. The topological polar surface area (TPSA) is 74.7 Å². The molecule has 23 heavy (non-hydrogen) atoms. The number of ether oxygens (including phenoxy) is 1. The number of aliphatic hydroxyl groups excluding tert-OH is 1. The number of nitrogens with one attached hydrogen (secondary N) is 1. The number of aromatic nitrogens is 1. The van der Waals surface area contributed by atoms with Gasteiger partial charge in [-0.05, 0) is 38.6 Å². The van der Waals surface area contributed by atoms with Gasteiger partial charge in [0.2, 0.25) is 0 Å². The van der Waals surface area contributed by atoms with Gasteiger partial charge in [0.1, 0.15) is 5.75 Å². The smallest absolute Gasteiger partial charge is 0.266 e. The zero-order valence-electron chi connectivity index (χ0n) is 14.0. The predicted molar refractivity (Wildman–Crippen MR) is 88.4 cm³/mol. The van der Waals surface area contributed by atoms with Gasteiger partial charge in [0.15, 0.2) is 5.60 Å². The van der Waals surface area contributed by atoms with Crippen molar-refractivity contribution in [2.45, 2.75) is 38.7 Å². The summed E-state index contributed by atoms with van der Waals surface area (Å²) in [5, 5.41) is 12.6. The van der Waals surface area contributed by atoms with Crippen molar-refractivity contribution in [2.75, 3.05) is 32.8 Å². The lowest BCUT2D eigenvalue weighted by atomic mass is 9.90. The minimum Gasteiger partial charge on any atom is -0.475 e. The fourth-order valence-electron chi connectivity index (χ4n) is 2.97. The number of aliphatic hydroxyl groups is 1. The molecule has 0 aromatic carbocycles. The maximum absolute atomic E-state index is 13.2. The summed E-state index contributed by atoms with van der Waals surface area (Å²) >= 11 is 0. The largest absolute Gasteiger partial charge is 0.475 e. The average molecular weight is 321 g/mol. The van der Waals surface area contributed by atoms with Crippen molar-refractivity contribution in [3.05, 3.63) is 24.0 Å². The molecule has 0 aliphatic carbocycles. The highest BCUT2D eigenvalue weighted by molar-refractivity contribution is 5.86. The molecule has 1 amide bonds. The molecule has 0 saturated carbocycles. The molecule has 0 unspecified atom stereocenters. The molecule has 1 aromatic heterocycles. The molecule has 1 fully saturated rings. The highest BCUT2D eigenvalue weighted by Gasteiger charge is 2.44. The second kappa shape index (κ2) is 8.26. The van der Waals surface area contributed by atoms with Crippen LogP contribution in [0.25, 0.3) is 0 Å². The lowest BCUT2D eigenvalue weighted by Crippen LogP contribution is -2.58. The summed E-state index contributed by atoms with van der Waals surface area (Å²) in [6, 6.07) is 3.68. The maximum atomic E-state index is 13.2. The predicted octanol–water partition coefficient (Wildman–Crippen LogP) is 1.12. The molecule has 0 radical (unpaired) electrons. The van der Waals surface area contributed by atoms with Crippen LogP contribution in [0, 0.1) is 6.92 Å². The molecule has 1 saturated heterocycles. The first-order valence-corrected chi connectivity index (χ1v) is 8.34. The Labute approximate surface area is 137 Å². The summed E-state index contributed by atoms with van der Waals surface area (Å²) < 4.78 is 6.23. The molecule has 6 heteroatoms. The third-order valence-corrected chi connectivity index (χ3v) is 4.22. The summed E-state index contributed by atoms with van der Waals surface area (Å²) in [5.74, 6) is 0.626. The van der Waals surface area contributed by atoms with E-state index in [4.69, 9.17) is 4.74 Å². The van der Waals surface area contributed by atoms with Gasteiger partial charge in [0.05, 0.1) is 12.3 Å². The minimum atomic E-state index is -0.872. The van der Waals surface area contributed by atoms with Crippen molar-refractivity contribution < 1.29 is 14.6 Å². The van der Waals surface area contributed by atoms with E-state index < -0.39 is 5.60 Å². The Kier molecular flexibility index (Phi) is 6.36. The highest BCUT2D eigenvalue weighted by Crippen LogP contribution is 2.30. The van der Waals surface area contributed by atoms with Crippen molar-refractivity contribution in [1.29, 1.82) is 0 Å². The monoisotopic (exact) mass is 321 g/mol. The Morgan fingerprint density at radius 1 is 1.43 bits per heavy atom. The van der Waals surface area contributed by atoms with Crippen LogP contribution in [0.5, 0.6) is 5.75 Å². The molecule has 128 valence electrons. The lowest BCUT2D eigenvalue weighted by molar-refractivity contribution is -0.151. The van der Waals surface area contributed by atoms with Crippen molar-refractivity contribution in [3.63, 3.8) is 0 Å². The second-order valence-electron chi connectivity index (χ2n) is 5.95. The highest BCUT2D eigenvalue weighted by atomic mass is 16.5. The summed E-state index contributed by atoms with van der Waals surface area (Å²) in [6.07, 6.45) is 3.80. The fraction of sp³-hybridized carbons (Fsp3) is 0.647. The van der Waals surface area contributed by atoms with Crippen molar-refractivity contribution in [2.24, 2.45) is 0 Å². The Bertz CT molecular complexity index is 510. The van der Waals surface area contributed by atoms with E-state index in [0.717, 1.165) is 25.2 Å². The SMILES string of the molecule is CCCN(CCO)C(=O)C1(Oc2cccnc2C)CCNCC1. The van der Waals surface area contributed by atoms with Crippen LogP contribution in [0.15, 0.2) is 18.3 Å². The van der Waals surface area contributed by atoms with E-state index in [0.29, 0.717) is 31.7 Å².